The molecule has 1 atom stereocenters. The van der Waals surface area contributed by atoms with Crippen molar-refractivity contribution in [3.8, 4) is 11.5 Å². The van der Waals surface area contributed by atoms with E-state index in [0.29, 0.717) is 18.9 Å². The van der Waals surface area contributed by atoms with E-state index in [0.717, 1.165) is 27.5 Å². The highest BCUT2D eigenvalue weighted by atomic mass is 35.5. The Bertz CT molecular complexity index is 766. The molecule has 2 aromatic carbocycles. The van der Waals surface area contributed by atoms with Gasteiger partial charge in [-0.15, -0.1) is 0 Å². The fraction of sp³-hybridized carbons (Fsp3) is 0.381. The molecule has 0 bridgehead atoms. The molecule has 0 saturated carbocycles. The highest BCUT2D eigenvalue weighted by Gasteiger charge is 2.15. The first kappa shape index (κ1) is 20.1. The Morgan fingerprint density at radius 3 is 2.42 bits per heavy atom. The molecule has 2 aromatic rings. The van der Waals surface area contributed by atoms with E-state index >= 15 is 0 Å². The van der Waals surface area contributed by atoms with Crippen molar-refractivity contribution in [3.05, 3.63) is 57.6 Å². The van der Waals surface area contributed by atoms with Gasteiger partial charge < -0.3 is 14.8 Å². The first-order valence-electron chi connectivity index (χ1n) is 8.69. The number of hydrogen-bond acceptors (Lipinski definition) is 3. The molecule has 0 aliphatic heterocycles. The van der Waals surface area contributed by atoms with Gasteiger partial charge in [-0.25, -0.2) is 0 Å². The van der Waals surface area contributed by atoms with Crippen LogP contribution in [-0.2, 0) is 4.79 Å². The zero-order valence-electron chi connectivity index (χ0n) is 16.0. The Morgan fingerprint density at radius 2 is 1.77 bits per heavy atom. The molecule has 0 saturated heterocycles. The van der Waals surface area contributed by atoms with Gasteiger partial charge in [-0.1, -0.05) is 23.7 Å². The molecule has 0 fully saturated rings. The van der Waals surface area contributed by atoms with Crippen molar-refractivity contribution in [2.24, 2.45) is 0 Å². The quantitative estimate of drug-likeness (QED) is 0.723. The molecule has 0 radical (unpaired) electrons. The van der Waals surface area contributed by atoms with Gasteiger partial charge in [0, 0.05) is 5.02 Å². The van der Waals surface area contributed by atoms with Gasteiger partial charge >= 0.3 is 0 Å². The summed E-state index contributed by atoms with van der Waals surface area (Å²) in [6.07, 6.45) is -0.601. The number of rotatable bonds is 7. The largest absolute Gasteiger partial charge is 0.491 e. The molecule has 1 N–H and O–H groups in total. The van der Waals surface area contributed by atoms with Crippen LogP contribution in [0.1, 0.15) is 29.2 Å². The van der Waals surface area contributed by atoms with Crippen LogP contribution in [0.4, 0.5) is 0 Å². The maximum absolute atomic E-state index is 12.2. The van der Waals surface area contributed by atoms with Gasteiger partial charge in [0.1, 0.15) is 18.1 Å². The predicted molar refractivity (Wildman–Crippen MR) is 105 cm³/mol. The Labute approximate surface area is 160 Å². The first-order chi connectivity index (χ1) is 12.3. The lowest BCUT2D eigenvalue weighted by molar-refractivity contribution is -0.127. The number of benzene rings is 2. The number of ether oxygens (including phenoxy) is 2. The average Bonchev–Trinajstić information content (AvgIpc) is 2.59. The van der Waals surface area contributed by atoms with Crippen LogP contribution in [0.3, 0.4) is 0 Å². The van der Waals surface area contributed by atoms with Gasteiger partial charge in [0.15, 0.2) is 6.10 Å². The van der Waals surface area contributed by atoms with Crippen LogP contribution in [-0.4, -0.2) is 25.2 Å². The molecule has 4 nitrogen and oxygen atoms in total. The maximum Gasteiger partial charge on any atom is 0.260 e. The van der Waals surface area contributed by atoms with Crippen LogP contribution in [0, 0.1) is 27.7 Å². The van der Waals surface area contributed by atoms with Crippen LogP contribution in [0.15, 0.2) is 30.3 Å². The summed E-state index contributed by atoms with van der Waals surface area (Å²) < 4.78 is 11.5. The molecule has 0 aliphatic rings. The fourth-order valence-corrected chi connectivity index (χ4v) is 2.70. The molecular weight excluding hydrogens is 350 g/mol. The van der Waals surface area contributed by atoms with E-state index in [9.17, 15) is 4.79 Å². The molecular formula is C21H26ClNO3. The third-order valence-corrected chi connectivity index (χ3v) is 4.90. The molecule has 0 aromatic heterocycles. The minimum atomic E-state index is -0.601. The highest BCUT2D eigenvalue weighted by Crippen LogP contribution is 2.26. The van der Waals surface area contributed by atoms with E-state index in [1.54, 1.807) is 6.92 Å². The fourth-order valence-electron chi connectivity index (χ4n) is 2.59. The van der Waals surface area contributed by atoms with Gasteiger partial charge in [0.05, 0.1) is 6.54 Å². The summed E-state index contributed by atoms with van der Waals surface area (Å²) >= 11 is 6.16. The maximum atomic E-state index is 12.2. The van der Waals surface area contributed by atoms with Gasteiger partial charge in [0.25, 0.3) is 5.91 Å². The molecule has 1 amide bonds. The molecule has 1 unspecified atom stereocenters. The number of carbonyl (C=O) groups excluding carboxylic acids is 1. The van der Waals surface area contributed by atoms with E-state index in [1.165, 1.54) is 5.56 Å². The van der Waals surface area contributed by atoms with Gasteiger partial charge in [-0.2, -0.15) is 0 Å². The smallest absolute Gasteiger partial charge is 0.260 e. The van der Waals surface area contributed by atoms with Crippen molar-refractivity contribution < 1.29 is 14.3 Å². The molecule has 0 spiro atoms. The normalized spacial score (nSPS) is 11.8. The lowest BCUT2D eigenvalue weighted by Gasteiger charge is -2.17. The number of hydrogen-bond donors (Lipinski definition) is 1. The minimum absolute atomic E-state index is 0.181. The minimum Gasteiger partial charge on any atom is -0.491 e. The lowest BCUT2D eigenvalue weighted by Crippen LogP contribution is -2.38. The summed E-state index contributed by atoms with van der Waals surface area (Å²) in [5.41, 5.74) is 4.15. The predicted octanol–water partition coefficient (Wildman–Crippen LogP) is 4.54. The van der Waals surface area contributed by atoms with Crippen molar-refractivity contribution in [3.63, 3.8) is 0 Å². The van der Waals surface area contributed by atoms with Crippen molar-refractivity contribution in [2.45, 2.75) is 40.7 Å². The summed E-state index contributed by atoms with van der Waals surface area (Å²) in [5.74, 6) is 1.30. The number of amides is 1. The second-order valence-corrected chi connectivity index (χ2v) is 6.85. The lowest BCUT2D eigenvalue weighted by atomic mass is 10.1. The Hall–Kier alpha value is -2.20. The topological polar surface area (TPSA) is 47.6 Å². The average molecular weight is 376 g/mol. The molecule has 2 rings (SSSR count). The van der Waals surface area contributed by atoms with E-state index in [2.05, 4.69) is 5.32 Å². The Balaban J connectivity index is 1.81. The van der Waals surface area contributed by atoms with Crippen molar-refractivity contribution >= 4 is 17.5 Å². The van der Waals surface area contributed by atoms with E-state index in [-0.39, 0.29) is 5.91 Å². The monoisotopic (exact) mass is 375 g/mol. The van der Waals surface area contributed by atoms with Crippen LogP contribution < -0.4 is 14.8 Å². The third-order valence-electron chi connectivity index (χ3n) is 4.31. The van der Waals surface area contributed by atoms with Crippen LogP contribution in [0.2, 0.25) is 5.02 Å². The summed E-state index contributed by atoms with van der Waals surface area (Å²) in [6, 6.07) is 9.61. The highest BCUT2D eigenvalue weighted by molar-refractivity contribution is 6.32. The van der Waals surface area contributed by atoms with E-state index in [4.69, 9.17) is 21.1 Å². The first-order valence-corrected chi connectivity index (χ1v) is 9.07. The van der Waals surface area contributed by atoms with Crippen LogP contribution in [0.5, 0.6) is 11.5 Å². The van der Waals surface area contributed by atoms with Crippen molar-refractivity contribution in [1.29, 1.82) is 0 Å². The zero-order valence-corrected chi connectivity index (χ0v) is 16.7. The summed E-state index contributed by atoms with van der Waals surface area (Å²) in [5, 5.41) is 3.55. The van der Waals surface area contributed by atoms with Gasteiger partial charge in [-0.3, -0.25) is 4.79 Å². The van der Waals surface area contributed by atoms with Crippen molar-refractivity contribution in [1.82, 2.24) is 5.32 Å². The molecule has 0 heterocycles. The molecule has 0 aliphatic carbocycles. The van der Waals surface area contributed by atoms with Gasteiger partial charge in [0.2, 0.25) is 0 Å². The number of halogens is 1. The SMILES string of the molecule is Cc1cccc(OCCNC(=O)C(C)Oc2cc(C)c(Cl)c(C)c2)c1C. The van der Waals surface area contributed by atoms with E-state index in [1.807, 2.05) is 58.0 Å². The van der Waals surface area contributed by atoms with Crippen LogP contribution in [0.25, 0.3) is 0 Å². The van der Waals surface area contributed by atoms with Gasteiger partial charge in [-0.05, 0) is 75.1 Å². The third kappa shape index (κ3) is 5.15. The Morgan fingerprint density at radius 1 is 1.12 bits per heavy atom. The van der Waals surface area contributed by atoms with Crippen molar-refractivity contribution in [2.75, 3.05) is 13.2 Å². The summed E-state index contributed by atoms with van der Waals surface area (Å²) in [6.45, 7) is 10.4. The molecule has 26 heavy (non-hydrogen) atoms. The second-order valence-electron chi connectivity index (χ2n) is 6.47. The molecule has 5 heteroatoms. The zero-order chi connectivity index (χ0) is 19.3. The second kappa shape index (κ2) is 8.95. The number of nitrogens with one attached hydrogen (secondary N) is 1. The number of aryl methyl sites for hydroxylation is 3. The number of carbonyl (C=O) groups is 1. The van der Waals surface area contributed by atoms with Crippen LogP contribution >= 0.6 is 11.6 Å². The van der Waals surface area contributed by atoms with E-state index < -0.39 is 6.10 Å². The Kier molecular flexibility index (Phi) is 6.92. The summed E-state index contributed by atoms with van der Waals surface area (Å²) in [4.78, 5) is 12.2. The standard InChI is InChI=1S/C21H26ClNO3/c1-13-7-6-8-19(16(13)4)25-10-9-23-21(24)17(5)26-18-11-14(2)20(22)15(3)12-18/h6-8,11-12,17H,9-10H2,1-5H3,(H,23,24). The summed E-state index contributed by atoms with van der Waals surface area (Å²) in [7, 11) is 0. The molecule has 140 valence electrons.